The molecule has 10 heteroatoms. The Morgan fingerprint density at radius 3 is 2.67 bits per heavy atom. The number of carbonyl (C=O) groups is 1. The number of hydrogen-bond acceptors (Lipinski definition) is 6. The SMILES string of the molecule is CCC(=O)Nc1ccc(-c2cnc3[nH]nc(-c4nc5c(-c6ccccc6F)cncc5[nH]4)c3c2)cn1. The first-order valence-electron chi connectivity index (χ1n) is 11.3. The quantitative estimate of drug-likeness (QED) is 0.316. The number of imidazole rings is 1. The average molecular weight is 478 g/mol. The molecule has 6 aromatic rings. The Kier molecular flexibility index (Phi) is 5.18. The molecule has 3 N–H and O–H groups in total. The second-order valence-corrected chi connectivity index (χ2v) is 8.17. The van der Waals surface area contributed by atoms with Gasteiger partial charge in [0.2, 0.25) is 5.91 Å². The van der Waals surface area contributed by atoms with Crippen molar-refractivity contribution in [3.8, 4) is 33.8 Å². The highest BCUT2D eigenvalue weighted by Crippen LogP contribution is 2.32. The number of benzene rings is 1. The first kappa shape index (κ1) is 21.5. The number of nitrogens with zero attached hydrogens (tertiary/aromatic N) is 5. The van der Waals surface area contributed by atoms with E-state index in [9.17, 15) is 9.18 Å². The van der Waals surface area contributed by atoms with E-state index in [4.69, 9.17) is 4.98 Å². The molecule has 176 valence electrons. The molecule has 6 rings (SSSR count). The second kappa shape index (κ2) is 8.66. The van der Waals surface area contributed by atoms with Crippen molar-refractivity contribution in [3.63, 3.8) is 0 Å². The Bertz CT molecular complexity index is 1740. The van der Waals surface area contributed by atoms with Gasteiger partial charge in [0.15, 0.2) is 11.5 Å². The molecule has 0 aliphatic heterocycles. The number of H-pyrrole nitrogens is 2. The molecule has 0 radical (unpaired) electrons. The Morgan fingerprint density at radius 1 is 1.00 bits per heavy atom. The van der Waals surface area contributed by atoms with Gasteiger partial charge >= 0.3 is 0 Å². The number of amides is 1. The van der Waals surface area contributed by atoms with E-state index in [1.165, 1.54) is 6.07 Å². The van der Waals surface area contributed by atoms with Gasteiger partial charge in [0.1, 0.15) is 22.8 Å². The molecule has 9 nitrogen and oxygen atoms in total. The Morgan fingerprint density at radius 2 is 1.86 bits per heavy atom. The fourth-order valence-electron chi connectivity index (χ4n) is 4.03. The molecule has 5 heterocycles. The molecule has 0 aliphatic carbocycles. The molecule has 0 unspecified atom stereocenters. The maximum atomic E-state index is 14.5. The van der Waals surface area contributed by atoms with Crippen molar-refractivity contribution >= 4 is 33.8 Å². The van der Waals surface area contributed by atoms with Crippen LogP contribution in [0.25, 0.3) is 55.8 Å². The zero-order chi connectivity index (χ0) is 24.6. The molecule has 0 atom stereocenters. The number of anilines is 1. The van der Waals surface area contributed by atoms with Crippen LogP contribution in [0.1, 0.15) is 13.3 Å². The highest BCUT2D eigenvalue weighted by molar-refractivity contribution is 5.97. The predicted octanol–water partition coefficient (Wildman–Crippen LogP) is 5.11. The Hall–Kier alpha value is -4.99. The Balaban J connectivity index is 1.41. The van der Waals surface area contributed by atoms with Crippen molar-refractivity contribution in [1.29, 1.82) is 0 Å². The maximum Gasteiger partial charge on any atom is 0.225 e. The molecule has 36 heavy (non-hydrogen) atoms. The summed E-state index contributed by atoms with van der Waals surface area (Å²) in [5.41, 5.74) is 5.12. The normalized spacial score (nSPS) is 11.3. The van der Waals surface area contributed by atoms with Crippen LogP contribution in [0.3, 0.4) is 0 Å². The van der Waals surface area contributed by atoms with Crippen LogP contribution in [0, 0.1) is 5.82 Å². The molecule has 0 fully saturated rings. The summed E-state index contributed by atoms with van der Waals surface area (Å²) < 4.78 is 14.5. The molecule has 0 aliphatic rings. The molecule has 0 spiro atoms. The number of aromatic nitrogens is 7. The summed E-state index contributed by atoms with van der Waals surface area (Å²) in [5.74, 6) is 0.562. The molecule has 0 saturated carbocycles. The van der Waals surface area contributed by atoms with E-state index in [-0.39, 0.29) is 11.7 Å². The molecule has 5 aromatic heterocycles. The number of hydrogen-bond donors (Lipinski definition) is 3. The van der Waals surface area contributed by atoms with Crippen LogP contribution < -0.4 is 5.32 Å². The zero-order valence-electron chi connectivity index (χ0n) is 19.1. The third-order valence-electron chi connectivity index (χ3n) is 5.88. The van der Waals surface area contributed by atoms with E-state index in [0.717, 1.165) is 16.5 Å². The lowest BCUT2D eigenvalue weighted by Crippen LogP contribution is -2.10. The van der Waals surface area contributed by atoms with E-state index in [1.807, 2.05) is 12.1 Å². The van der Waals surface area contributed by atoms with Gasteiger partial charge in [0, 0.05) is 47.3 Å². The van der Waals surface area contributed by atoms with Gasteiger partial charge in [-0.3, -0.25) is 14.9 Å². The Labute approximate surface area is 203 Å². The van der Waals surface area contributed by atoms with E-state index in [0.29, 0.717) is 51.6 Å². The zero-order valence-corrected chi connectivity index (χ0v) is 19.1. The largest absolute Gasteiger partial charge is 0.335 e. The highest BCUT2D eigenvalue weighted by Gasteiger charge is 2.18. The van der Waals surface area contributed by atoms with Crippen LogP contribution in [0.2, 0.25) is 0 Å². The van der Waals surface area contributed by atoms with Crippen LogP contribution in [-0.2, 0) is 4.79 Å². The van der Waals surface area contributed by atoms with Gasteiger partial charge < -0.3 is 10.3 Å². The van der Waals surface area contributed by atoms with E-state index in [2.05, 4.69) is 35.5 Å². The number of aromatic amines is 2. The first-order valence-corrected chi connectivity index (χ1v) is 11.3. The molecular formula is C26H19FN8O. The number of rotatable bonds is 5. The van der Waals surface area contributed by atoms with Crippen molar-refractivity contribution < 1.29 is 9.18 Å². The molecule has 0 bridgehead atoms. The minimum absolute atomic E-state index is 0.0967. The van der Waals surface area contributed by atoms with Crippen molar-refractivity contribution in [2.75, 3.05) is 5.32 Å². The topological polar surface area (TPSA) is 125 Å². The summed E-state index contributed by atoms with van der Waals surface area (Å²) in [7, 11) is 0. The summed E-state index contributed by atoms with van der Waals surface area (Å²) in [6.07, 6.45) is 7.05. The smallest absolute Gasteiger partial charge is 0.225 e. The standard InChI is InChI=1S/C26H19FN8O/c1-2-22(36)32-21-8-7-14(10-29-21)15-9-17-24(34-35-25(17)30-11-15)26-31-20-13-28-12-18(23(20)33-26)16-5-3-4-6-19(16)27/h3-13H,2H2,1H3,(H,31,33)(H,29,32,36)(H,30,34,35). The van der Waals surface area contributed by atoms with Crippen molar-refractivity contribution in [1.82, 2.24) is 35.1 Å². The molecular weight excluding hydrogens is 459 g/mol. The number of fused-ring (bicyclic) bond motifs is 2. The fraction of sp³-hybridized carbons (Fsp3) is 0.0769. The molecule has 1 aromatic carbocycles. The van der Waals surface area contributed by atoms with E-state index >= 15 is 0 Å². The summed E-state index contributed by atoms with van der Waals surface area (Å²) in [5, 5.41) is 10.9. The van der Waals surface area contributed by atoms with Crippen molar-refractivity contribution in [3.05, 3.63) is 73.1 Å². The van der Waals surface area contributed by atoms with Gasteiger partial charge in [0.25, 0.3) is 0 Å². The van der Waals surface area contributed by atoms with Gasteiger partial charge in [-0.05, 0) is 24.3 Å². The lowest BCUT2D eigenvalue weighted by molar-refractivity contribution is -0.115. The van der Waals surface area contributed by atoms with Crippen molar-refractivity contribution in [2.45, 2.75) is 13.3 Å². The van der Waals surface area contributed by atoms with Crippen molar-refractivity contribution in [2.24, 2.45) is 0 Å². The van der Waals surface area contributed by atoms with E-state index in [1.54, 1.807) is 56.0 Å². The highest BCUT2D eigenvalue weighted by atomic mass is 19.1. The number of halogens is 1. The summed E-state index contributed by atoms with van der Waals surface area (Å²) in [4.78, 5) is 32.7. The summed E-state index contributed by atoms with van der Waals surface area (Å²) >= 11 is 0. The third kappa shape index (κ3) is 3.74. The van der Waals surface area contributed by atoms with Gasteiger partial charge in [-0.15, -0.1) is 0 Å². The number of nitrogens with one attached hydrogen (secondary N) is 3. The fourth-order valence-corrected chi connectivity index (χ4v) is 4.03. The molecule has 1 amide bonds. The van der Waals surface area contributed by atoms with Crippen LogP contribution in [0.5, 0.6) is 0 Å². The minimum Gasteiger partial charge on any atom is -0.335 e. The van der Waals surface area contributed by atoms with Crippen LogP contribution in [0.4, 0.5) is 10.2 Å². The average Bonchev–Trinajstić information content (AvgIpc) is 3.53. The van der Waals surface area contributed by atoms with Crippen LogP contribution in [0.15, 0.2) is 67.3 Å². The number of carbonyl (C=O) groups excluding carboxylic acids is 1. The van der Waals surface area contributed by atoms with Gasteiger partial charge in [-0.1, -0.05) is 25.1 Å². The van der Waals surface area contributed by atoms with Crippen LogP contribution in [-0.4, -0.2) is 41.0 Å². The first-order chi connectivity index (χ1) is 17.6. The lowest BCUT2D eigenvalue weighted by Gasteiger charge is -2.05. The monoisotopic (exact) mass is 478 g/mol. The maximum absolute atomic E-state index is 14.5. The third-order valence-corrected chi connectivity index (χ3v) is 5.88. The van der Waals surface area contributed by atoms with Gasteiger partial charge in [-0.25, -0.2) is 19.3 Å². The van der Waals surface area contributed by atoms with Gasteiger partial charge in [-0.2, -0.15) is 5.10 Å². The number of pyridine rings is 3. The molecule has 0 saturated heterocycles. The van der Waals surface area contributed by atoms with E-state index < -0.39 is 0 Å². The predicted molar refractivity (Wildman–Crippen MR) is 134 cm³/mol. The summed E-state index contributed by atoms with van der Waals surface area (Å²) in [6, 6.07) is 12.1. The minimum atomic E-state index is -0.343. The van der Waals surface area contributed by atoms with Gasteiger partial charge in [0.05, 0.1) is 17.1 Å². The van der Waals surface area contributed by atoms with Crippen LogP contribution >= 0.6 is 0 Å². The lowest BCUT2D eigenvalue weighted by atomic mass is 10.1. The summed E-state index contributed by atoms with van der Waals surface area (Å²) in [6.45, 7) is 1.78. The second-order valence-electron chi connectivity index (χ2n) is 8.17.